The van der Waals surface area contributed by atoms with Crippen molar-refractivity contribution in [3.63, 3.8) is 0 Å². The fourth-order valence-electron chi connectivity index (χ4n) is 10.4. The first-order chi connectivity index (χ1) is 47.4. The number of hydrogen-bond donors (Lipinski definition) is 4. The maximum absolute atomic E-state index is 14.0. The molecule has 31 heteroatoms. The number of amides is 2. The Hall–Kier alpha value is -8.10. The summed E-state index contributed by atoms with van der Waals surface area (Å²) in [7, 11) is 1.43. The van der Waals surface area contributed by atoms with Crippen molar-refractivity contribution in [1.82, 2.24) is 59.7 Å². The summed E-state index contributed by atoms with van der Waals surface area (Å²) >= 11 is 0. The number of nitrogens with zero attached hydrogens (tertiary/aromatic N) is 11. The van der Waals surface area contributed by atoms with Gasteiger partial charge in [0, 0.05) is 57.1 Å². The van der Waals surface area contributed by atoms with E-state index >= 15 is 0 Å². The Morgan fingerprint density at radius 3 is 2.01 bits per heavy atom. The fourth-order valence-corrected chi connectivity index (χ4v) is 10.4. The van der Waals surface area contributed by atoms with Gasteiger partial charge in [0.1, 0.15) is 23.6 Å². The first-order valence-corrected chi connectivity index (χ1v) is 32.6. The molecule has 6 aromatic rings. The Bertz CT molecular complexity index is 3430. The predicted octanol–water partition coefficient (Wildman–Crippen LogP) is 3.79. The Balaban J connectivity index is 0.659. The van der Waals surface area contributed by atoms with Crippen LogP contribution >= 0.6 is 0 Å². The van der Waals surface area contributed by atoms with Crippen molar-refractivity contribution in [2.24, 2.45) is 0 Å². The van der Waals surface area contributed by atoms with Gasteiger partial charge in [-0.3, -0.25) is 24.1 Å². The van der Waals surface area contributed by atoms with Crippen LogP contribution in [-0.4, -0.2) is 267 Å². The molecule has 0 spiro atoms. The number of rotatable bonds is 49. The van der Waals surface area contributed by atoms with E-state index in [-0.39, 0.29) is 86.8 Å². The van der Waals surface area contributed by atoms with Crippen LogP contribution in [0.4, 0.5) is 8.78 Å². The molecule has 4 N–H and O–H groups in total. The number of allylic oxidation sites excluding steroid dienone is 1. The van der Waals surface area contributed by atoms with Crippen molar-refractivity contribution in [2.45, 2.75) is 58.6 Å². The van der Waals surface area contributed by atoms with Crippen LogP contribution in [-0.2, 0) is 67.1 Å². The summed E-state index contributed by atoms with van der Waals surface area (Å²) in [6.07, 6.45) is 8.46. The van der Waals surface area contributed by atoms with Gasteiger partial charge in [0.15, 0.2) is 17.4 Å². The number of esters is 1. The van der Waals surface area contributed by atoms with Crippen molar-refractivity contribution in [3.8, 4) is 23.4 Å². The molecule has 0 bridgehead atoms. The number of benzene rings is 2. The second-order valence-electron chi connectivity index (χ2n) is 22.1. The Morgan fingerprint density at radius 1 is 0.753 bits per heavy atom. The van der Waals surface area contributed by atoms with E-state index < -0.39 is 35.2 Å². The van der Waals surface area contributed by atoms with E-state index in [0.717, 1.165) is 23.6 Å². The van der Waals surface area contributed by atoms with Gasteiger partial charge in [0.25, 0.3) is 17.6 Å². The second-order valence-corrected chi connectivity index (χ2v) is 22.1. The van der Waals surface area contributed by atoms with Gasteiger partial charge in [-0.25, -0.2) is 23.4 Å². The number of fused-ring (bicyclic) bond motifs is 1. The highest BCUT2D eigenvalue weighted by molar-refractivity contribution is 6.45. The molecule has 2 aromatic carbocycles. The van der Waals surface area contributed by atoms with E-state index in [0.29, 0.717) is 192 Å². The third kappa shape index (κ3) is 25.4. The smallest absolute Gasteiger partial charge is 0.313 e. The number of hydrogen-bond acceptors (Lipinski definition) is 24. The lowest BCUT2D eigenvalue weighted by Crippen LogP contribution is -2.40. The minimum Gasteiger partial charge on any atom is -0.494 e. The van der Waals surface area contributed by atoms with E-state index in [1.165, 1.54) is 35.4 Å². The summed E-state index contributed by atoms with van der Waals surface area (Å²) in [6.45, 7) is 12.3. The first kappa shape index (κ1) is 76.3. The van der Waals surface area contributed by atoms with Crippen LogP contribution in [0.5, 0.6) is 11.5 Å². The van der Waals surface area contributed by atoms with Crippen LogP contribution in [0.1, 0.15) is 76.8 Å². The number of ether oxygens (including phenoxy) is 10. The molecule has 5 heterocycles. The number of piperidine rings is 1. The lowest BCUT2D eigenvalue weighted by Gasteiger charge is -2.28. The van der Waals surface area contributed by atoms with Gasteiger partial charge in [0.05, 0.1) is 180 Å². The van der Waals surface area contributed by atoms with Gasteiger partial charge in [0.2, 0.25) is 5.82 Å². The number of ketones is 1. The number of aromatic amines is 1. The van der Waals surface area contributed by atoms with Crippen LogP contribution in [0.3, 0.4) is 0 Å². The number of nitrogens with one attached hydrogen (secondary N) is 2. The Labute approximate surface area is 561 Å². The zero-order valence-corrected chi connectivity index (χ0v) is 55.2. The summed E-state index contributed by atoms with van der Waals surface area (Å²) in [4.78, 5) is 70.2. The monoisotopic (exact) mass is 1360 g/mol. The predicted molar refractivity (Wildman–Crippen MR) is 347 cm³/mol. The quantitative estimate of drug-likeness (QED) is 0.0105. The van der Waals surface area contributed by atoms with Crippen LogP contribution in [0.2, 0.25) is 0 Å². The number of aliphatic hydroxyl groups excluding tert-OH is 2. The molecule has 1 aliphatic heterocycles. The summed E-state index contributed by atoms with van der Waals surface area (Å²) in [6, 6.07) is 13.5. The molecule has 528 valence electrons. The lowest BCUT2D eigenvalue weighted by atomic mass is 9.93. The molecule has 29 nitrogen and oxygen atoms in total. The van der Waals surface area contributed by atoms with Crippen LogP contribution in [0.15, 0.2) is 73.0 Å². The number of halogens is 2. The number of methoxy groups -OCH3 is 1. The molecule has 0 saturated carbocycles. The normalized spacial score (nSPS) is 12.5. The van der Waals surface area contributed by atoms with Crippen LogP contribution < -0.4 is 14.8 Å². The van der Waals surface area contributed by atoms with Crippen molar-refractivity contribution in [2.75, 3.05) is 178 Å². The number of aryl methyl sites for hydroxylation is 1. The molecule has 1 saturated heterocycles. The number of H-pyrrole nitrogens is 1. The van der Waals surface area contributed by atoms with Gasteiger partial charge in [-0.05, 0) is 68.9 Å². The highest BCUT2D eigenvalue weighted by Crippen LogP contribution is 2.33. The van der Waals surface area contributed by atoms with Crippen molar-refractivity contribution in [3.05, 3.63) is 113 Å². The number of carbonyl (C=O) groups excluding carboxylic acids is 4. The standard InChI is InChI=1S/C66H89F2N13O16/c1-3-49-41-52(67)42-56(68)62(49)97-58(84)13-26-89-29-32-92-35-36-94-34-31-91-28-23-80-46-53(74-76-80)47-96-40-39-95-38-37-93-33-30-90-27-22-78(21-25-83)17-8-16-77(20-24-82)15-7-14-70-65(86)63-73-48-81(75-63)64-60-59(57(88-2)45-72-64)55(44-71-60)61(85)66(87)79-18-11-51(12-19-79)54(43-69)50-9-5-4-6-10-50/h4-6,9-10,41-42,44-46,48,71,82-83H,3,7-8,11-40,47H2,1-2H3,(H,70,86). The van der Waals surface area contributed by atoms with Gasteiger partial charge in [-0.2, -0.15) is 9.94 Å². The fraction of sp³-hybridized carbons (Fsp3) is 0.545. The second kappa shape index (κ2) is 43.2. The number of aromatic nitrogens is 8. The number of pyridine rings is 1. The first-order valence-electron chi connectivity index (χ1n) is 32.6. The summed E-state index contributed by atoms with van der Waals surface area (Å²) in [5.74, 6) is -4.14. The average Bonchev–Trinajstić information content (AvgIpc) is 1.63. The third-order valence-corrected chi connectivity index (χ3v) is 15.3. The molecule has 1 fully saturated rings. The Morgan fingerprint density at radius 2 is 1.37 bits per heavy atom. The van der Waals surface area contributed by atoms with E-state index in [4.69, 9.17) is 47.4 Å². The lowest BCUT2D eigenvalue weighted by molar-refractivity contribution is -0.136. The third-order valence-electron chi connectivity index (χ3n) is 15.3. The van der Waals surface area contributed by atoms with Gasteiger partial charge >= 0.3 is 5.97 Å². The molecular formula is C66H89F2N13O16. The molecule has 1 aliphatic rings. The van der Waals surface area contributed by atoms with Crippen molar-refractivity contribution in [1.29, 1.82) is 5.26 Å². The largest absolute Gasteiger partial charge is 0.494 e. The van der Waals surface area contributed by atoms with Crippen LogP contribution in [0, 0.1) is 23.0 Å². The van der Waals surface area contributed by atoms with Gasteiger partial charge in [-0.15, -0.1) is 10.2 Å². The number of carbonyl (C=O) groups is 4. The molecule has 7 rings (SSSR count). The number of likely N-dealkylation sites (tertiary alicyclic amines) is 1. The van der Waals surface area contributed by atoms with Crippen molar-refractivity contribution >= 4 is 40.0 Å². The average molecular weight is 1360 g/mol. The number of nitriles is 1. The molecule has 2 amide bonds. The topological polar surface area (TPSA) is 337 Å². The van der Waals surface area contributed by atoms with Crippen molar-refractivity contribution < 1.29 is 85.5 Å². The maximum atomic E-state index is 14.0. The van der Waals surface area contributed by atoms with E-state index in [9.17, 15) is 43.4 Å². The van der Waals surface area contributed by atoms with E-state index in [2.05, 4.69) is 51.5 Å². The zero-order chi connectivity index (χ0) is 68.8. The van der Waals surface area contributed by atoms with E-state index in [1.807, 2.05) is 30.3 Å². The van der Waals surface area contributed by atoms with E-state index in [1.54, 1.807) is 17.8 Å². The highest BCUT2D eigenvalue weighted by atomic mass is 19.1. The molecule has 97 heavy (non-hydrogen) atoms. The molecule has 0 radical (unpaired) electrons. The Kier molecular flexibility index (Phi) is 34.0. The molecule has 0 unspecified atom stereocenters. The van der Waals surface area contributed by atoms with Crippen LogP contribution in [0.25, 0.3) is 22.3 Å². The van der Waals surface area contributed by atoms with Gasteiger partial charge in [-0.1, -0.05) is 42.5 Å². The molecule has 4 aromatic heterocycles. The zero-order valence-electron chi connectivity index (χ0n) is 55.2. The molecule has 0 aliphatic carbocycles. The minimum absolute atomic E-state index is 0.00138. The highest BCUT2D eigenvalue weighted by Gasteiger charge is 2.31. The maximum Gasteiger partial charge on any atom is 0.313 e. The number of aliphatic hydroxyl groups is 2. The SMILES string of the molecule is CCc1cc(F)cc(F)c1OC(=O)CCOCCOCCOCCOCCn1cc(COCCOCCOCCOCCN(CCO)CCCN(CCO)CCCNC(=O)c2ncn(-c3ncc(OC)c4c(C(=O)C(=O)N5CCC(=C(C#N)c6ccccc6)CC5)c[nH]c34)n2)nn1. The summed E-state index contributed by atoms with van der Waals surface area (Å²) in [5, 5.41) is 45.2. The molecular weight excluding hydrogens is 1270 g/mol. The number of Topliss-reactive ketones (excluding diaryl/α,β-unsaturated/α-hetero) is 1. The summed E-state index contributed by atoms with van der Waals surface area (Å²) in [5.41, 5.74) is 3.72. The summed E-state index contributed by atoms with van der Waals surface area (Å²) < 4.78 is 85.8. The van der Waals surface area contributed by atoms with Gasteiger partial charge < -0.3 is 77.7 Å². The molecule has 0 atom stereocenters. The minimum atomic E-state index is -0.922.